The fraction of sp³-hybridized carbons (Fsp3) is 0.600. The molecule has 15 heavy (non-hydrogen) atoms. The molecule has 0 atom stereocenters. The monoisotopic (exact) mass is 231 g/mol. The van der Waals surface area contributed by atoms with E-state index in [0.717, 1.165) is 12.3 Å². The molecule has 4 nitrogen and oxygen atoms in total. The van der Waals surface area contributed by atoms with E-state index in [1.807, 2.05) is 13.0 Å². The van der Waals surface area contributed by atoms with Crippen LogP contribution in [0.5, 0.6) is 0 Å². The lowest BCUT2D eigenvalue weighted by Crippen LogP contribution is -2.11. The number of rotatable bonds is 6. The smallest absolute Gasteiger partial charge is 0.157 e. The van der Waals surface area contributed by atoms with Crippen molar-refractivity contribution >= 4 is 9.84 Å². The van der Waals surface area contributed by atoms with Gasteiger partial charge in [-0.3, -0.25) is 0 Å². The minimum absolute atomic E-state index is 0.00434. The molecule has 0 saturated heterocycles. The Labute approximate surface area is 90.6 Å². The highest BCUT2D eigenvalue weighted by molar-refractivity contribution is 7.90. The summed E-state index contributed by atoms with van der Waals surface area (Å²) in [5.41, 5.74) is 0. The van der Waals surface area contributed by atoms with Gasteiger partial charge in [0.1, 0.15) is 17.3 Å². The van der Waals surface area contributed by atoms with Gasteiger partial charge in [0.15, 0.2) is 9.84 Å². The van der Waals surface area contributed by atoms with E-state index < -0.39 is 9.84 Å². The molecule has 1 rings (SSSR count). The third-order valence-corrected chi connectivity index (χ3v) is 3.67. The summed E-state index contributed by atoms with van der Waals surface area (Å²) in [7, 11) is -2.99. The van der Waals surface area contributed by atoms with Gasteiger partial charge < -0.3 is 9.73 Å². The van der Waals surface area contributed by atoms with E-state index in [-0.39, 0.29) is 11.5 Å². The molecule has 0 amide bonds. The number of hydrogen-bond acceptors (Lipinski definition) is 4. The van der Waals surface area contributed by atoms with E-state index in [9.17, 15) is 8.42 Å². The van der Waals surface area contributed by atoms with Gasteiger partial charge in [0.2, 0.25) is 0 Å². The highest BCUT2D eigenvalue weighted by Gasteiger charge is 2.12. The summed E-state index contributed by atoms with van der Waals surface area (Å²) in [6, 6.07) is 3.53. The van der Waals surface area contributed by atoms with Crippen LogP contribution in [0, 0.1) is 0 Å². The lowest BCUT2D eigenvalue weighted by atomic mass is 10.4. The fourth-order valence-corrected chi connectivity index (χ4v) is 1.95. The van der Waals surface area contributed by atoms with Gasteiger partial charge in [0.05, 0.1) is 6.54 Å². The standard InChI is InChI=1S/C10H17NO3S/c1-3-11-7-9-5-6-10(14-9)8-15(12,13)4-2/h5-6,11H,3-4,7-8H2,1-2H3. The van der Waals surface area contributed by atoms with Crippen molar-refractivity contribution in [3.8, 4) is 0 Å². The number of nitrogens with one attached hydrogen (secondary N) is 1. The van der Waals surface area contributed by atoms with Crippen molar-refractivity contribution in [2.45, 2.75) is 26.1 Å². The van der Waals surface area contributed by atoms with E-state index in [2.05, 4.69) is 5.32 Å². The molecular formula is C10H17NO3S. The first-order valence-electron chi connectivity index (χ1n) is 5.06. The third-order valence-electron chi connectivity index (χ3n) is 2.07. The first kappa shape index (κ1) is 12.3. The molecule has 0 fully saturated rings. The van der Waals surface area contributed by atoms with Crippen molar-refractivity contribution in [1.29, 1.82) is 0 Å². The minimum Gasteiger partial charge on any atom is -0.464 e. The van der Waals surface area contributed by atoms with Gasteiger partial charge in [0.25, 0.3) is 0 Å². The molecule has 5 heteroatoms. The maximum atomic E-state index is 11.3. The van der Waals surface area contributed by atoms with Crippen LogP contribution in [0.3, 0.4) is 0 Å². The molecule has 0 aromatic carbocycles. The Morgan fingerprint density at radius 1 is 1.27 bits per heavy atom. The van der Waals surface area contributed by atoms with Crippen molar-refractivity contribution < 1.29 is 12.8 Å². The SMILES string of the molecule is CCNCc1ccc(CS(=O)(=O)CC)o1. The Morgan fingerprint density at radius 3 is 2.53 bits per heavy atom. The number of furan rings is 1. The molecule has 0 unspecified atom stereocenters. The molecular weight excluding hydrogens is 214 g/mol. The largest absolute Gasteiger partial charge is 0.464 e. The Balaban J connectivity index is 2.60. The average Bonchev–Trinajstić information content (AvgIpc) is 2.62. The Hall–Kier alpha value is -0.810. The Morgan fingerprint density at radius 2 is 1.93 bits per heavy atom. The molecule has 1 aromatic heterocycles. The van der Waals surface area contributed by atoms with Crippen LogP contribution in [0.1, 0.15) is 25.4 Å². The molecule has 0 aliphatic rings. The molecule has 0 aliphatic carbocycles. The summed E-state index contributed by atoms with van der Waals surface area (Å²) in [6.45, 7) is 5.15. The average molecular weight is 231 g/mol. The quantitative estimate of drug-likeness (QED) is 0.802. The topological polar surface area (TPSA) is 59.3 Å². The second-order valence-corrected chi connectivity index (χ2v) is 5.68. The summed E-state index contributed by atoms with van der Waals surface area (Å²) in [4.78, 5) is 0. The molecule has 0 spiro atoms. The van der Waals surface area contributed by atoms with Gasteiger partial charge in [-0.15, -0.1) is 0 Å². The van der Waals surface area contributed by atoms with Crippen molar-refractivity contribution in [1.82, 2.24) is 5.32 Å². The molecule has 1 aromatic rings. The van der Waals surface area contributed by atoms with Crippen LogP contribution in [-0.2, 0) is 22.1 Å². The van der Waals surface area contributed by atoms with E-state index in [0.29, 0.717) is 12.3 Å². The van der Waals surface area contributed by atoms with E-state index in [1.54, 1.807) is 13.0 Å². The Bertz CT molecular complexity index is 395. The zero-order chi connectivity index (χ0) is 11.3. The summed E-state index contributed by atoms with van der Waals surface area (Å²) in [6.07, 6.45) is 0. The maximum absolute atomic E-state index is 11.3. The lowest BCUT2D eigenvalue weighted by Gasteiger charge is -1.98. The van der Waals surface area contributed by atoms with Crippen molar-refractivity contribution in [3.05, 3.63) is 23.7 Å². The molecule has 1 heterocycles. The molecule has 0 aliphatic heterocycles. The first-order chi connectivity index (χ1) is 7.07. The van der Waals surface area contributed by atoms with Crippen LogP contribution in [0.15, 0.2) is 16.5 Å². The molecule has 0 bridgehead atoms. The van der Waals surface area contributed by atoms with Gasteiger partial charge in [-0.2, -0.15) is 0 Å². The molecule has 1 N–H and O–H groups in total. The van der Waals surface area contributed by atoms with Crippen LogP contribution < -0.4 is 5.32 Å². The van der Waals surface area contributed by atoms with E-state index in [1.165, 1.54) is 0 Å². The van der Waals surface area contributed by atoms with Crippen LogP contribution in [0.2, 0.25) is 0 Å². The lowest BCUT2D eigenvalue weighted by molar-refractivity contribution is 0.459. The highest BCUT2D eigenvalue weighted by atomic mass is 32.2. The summed E-state index contributed by atoms with van der Waals surface area (Å²) in [5.74, 6) is 1.44. The summed E-state index contributed by atoms with van der Waals surface area (Å²) in [5, 5.41) is 3.11. The van der Waals surface area contributed by atoms with Crippen LogP contribution in [0.4, 0.5) is 0 Å². The molecule has 0 saturated carbocycles. The predicted molar refractivity (Wildman–Crippen MR) is 59.3 cm³/mol. The predicted octanol–water partition coefficient (Wildman–Crippen LogP) is 1.32. The number of sulfone groups is 1. The molecule has 0 radical (unpaired) electrons. The third kappa shape index (κ3) is 4.05. The fourth-order valence-electron chi connectivity index (χ4n) is 1.16. The van der Waals surface area contributed by atoms with Gasteiger partial charge in [0, 0.05) is 5.75 Å². The van der Waals surface area contributed by atoms with Crippen molar-refractivity contribution in [2.24, 2.45) is 0 Å². The minimum atomic E-state index is -2.99. The summed E-state index contributed by atoms with van der Waals surface area (Å²) >= 11 is 0. The first-order valence-corrected chi connectivity index (χ1v) is 6.88. The zero-order valence-electron chi connectivity index (χ0n) is 9.12. The van der Waals surface area contributed by atoms with Crippen LogP contribution >= 0.6 is 0 Å². The van der Waals surface area contributed by atoms with Gasteiger partial charge in [-0.1, -0.05) is 13.8 Å². The zero-order valence-corrected chi connectivity index (χ0v) is 9.93. The van der Waals surface area contributed by atoms with Crippen molar-refractivity contribution in [3.63, 3.8) is 0 Å². The van der Waals surface area contributed by atoms with Gasteiger partial charge in [-0.25, -0.2) is 8.42 Å². The maximum Gasteiger partial charge on any atom is 0.157 e. The molecule has 86 valence electrons. The van der Waals surface area contributed by atoms with Crippen molar-refractivity contribution in [2.75, 3.05) is 12.3 Å². The second kappa shape index (κ2) is 5.32. The van der Waals surface area contributed by atoms with Gasteiger partial charge >= 0.3 is 0 Å². The summed E-state index contributed by atoms with van der Waals surface area (Å²) < 4.78 is 28.0. The second-order valence-electron chi connectivity index (χ2n) is 3.32. The number of hydrogen-bond donors (Lipinski definition) is 1. The van der Waals surface area contributed by atoms with Crippen LogP contribution in [-0.4, -0.2) is 20.7 Å². The highest BCUT2D eigenvalue weighted by Crippen LogP contribution is 2.11. The van der Waals surface area contributed by atoms with Crippen LogP contribution in [0.25, 0.3) is 0 Å². The normalized spacial score (nSPS) is 11.9. The van der Waals surface area contributed by atoms with Gasteiger partial charge in [-0.05, 0) is 18.7 Å². The van der Waals surface area contributed by atoms with E-state index in [4.69, 9.17) is 4.42 Å². The van der Waals surface area contributed by atoms with E-state index >= 15 is 0 Å². The Kier molecular flexibility index (Phi) is 4.35.